The first-order chi connectivity index (χ1) is 2.27. The number of hydrogen-bond acceptors (Lipinski definition) is 1. The minimum atomic E-state index is 0.255. The Balaban J connectivity index is 2.85. The Morgan fingerprint density at radius 3 is 2.20 bits per heavy atom. The van der Waals surface area contributed by atoms with Gasteiger partial charge in [-0.3, -0.25) is 0 Å². The summed E-state index contributed by atoms with van der Waals surface area (Å²) in [5.74, 6) is 0. The topological polar surface area (TPSA) is 17.1 Å². The Bertz CT molecular complexity index is 42.2. The van der Waals surface area contributed by atoms with Crippen molar-refractivity contribution < 1.29 is 25.2 Å². The van der Waals surface area contributed by atoms with Crippen molar-refractivity contribution in [2.75, 3.05) is 0 Å². The fourth-order valence-electron chi connectivity index (χ4n) is 0. The first-order valence-electron chi connectivity index (χ1n) is 1.51. The fourth-order valence-corrected chi connectivity index (χ4v) is 0. The maximum absolute atomic E-state index is 9.81. The van der Waals surface area contributed by atoms with Gasteiger partial charge < -0.3 is 0 Å². The number of carbonyl (C=O) groups is 1. The number of hydrogen-bond donors (Lipinski definition) is 0. The Kier molecular flexibility index (Phi) is 2.81. The van der Waals surface area contributed by atoms with Crippen molar-refractivity contribution in [2.45, 2.75) is 13.3 Å². The standard InChI is InChI=1S/C3H5O.Ti/c1-2-3-4;/h2H2,1H3;. The van der Waals surface area contributed by atoms with Gasteiger partial charge in [-0.05, 0) is 0 Å². The van der Waals surface area contributed by atoms with E-state index < -0.39 is 0 Å². The van der Waals surface area contributed by atoms with E-state index in [1.54, 1.807) is 20.4 Å². The van der Waals surface area contributed by atoms with Gasteiger partial charge >= 0.3 is 42.7 Å². The first kappa shape index (κ1) is 5.38. The van der Waals surface area contributed by atoms with E-state index >= 15 is 0 Å². The van der Waals surface area contributed by atoms with E-state index in [1.807, 2.05) is 6.92 Å². The van der Waals surface area contributed by atoms with Crippen LogP contribution in [0.5, 0.6) is 0 Å². The second-order valence-corrected chi connectivity index (χ2v) is 1.65. The van der Waals surface area contributed by atoms with Crippen LogP contribution in [0.3, 0.4) is 0 Å². The second kappa shape index (κ2) is 2.61. The summed E-state index contributed by atoms with van der Waals surface area (Å²) in [6.45, 7) is 1.85. The summed E-state index contributed by atoms with van der Waals surface area (Å²) in [7, 11) is 0. The van der Waals surface area contributed by atoms with E-state index in [4.69, 9.17) is 0 Å². The van der Waals surface area contributed by atoms with Gasteiger partial charge in [0.25, 0.3) is 0 Å². The van der Waals surface area contributed by atoms with Crippen LogP contribution >= 0.6 is 0 Å². The summed E-state index contributed by atoms with van der Waals surface area (Å²) in [4.78, 5) is 9.81. The summed E-state index contributed by atoms with van der Waals surface area (Å²) < 4.78 is 0.255. The molecule has 0 aliphatic rings. The molecule has 0 heterocycles. The molecule has 2 heteroatoms. The molecule has 0 aliphatic heterocycles. The molecule has 5 heavy (non-hydrogen) atoms. The molecular weight excluding hydrogens is 99.9 g/mol. The van der Waals surface area contributed by atoms with Crippen molar-refractivity contribution >= 4 is 4.09 Å². The molecule has 0 rings (SSSR count). The maximum atomic E-state index is 9.81. The Morgan fingerprint density at radius 2 is 2.20 bits per heavy atom. The molecule has 0 atom stereocenters. The van der Waals surface area contributed by atoms with E-state index in [2.05, 4.69) is 0 Å². The molecule has 0 fully saturated rings. The predicted molar refractivity (Wildman–Crippen MR) is 15.3 cm³/mol. The van der Waals surface area contributed by atoms with E-state index in [9.17, 15) is 4.79 Å². The third-order valence-electron chi connectivity index (χ3n) is 0.321. The average Bonchev–Trinajstić information content (AvgIpc) is 1.38. The van der Waals surface area contributed by atoms with E-state index in [0.29, 0.717) is 6.42 Å². The van der Waals surface area contributed by atoms with Crippen LogP contribution in [0.1, 0.15) is 13.3 Å². The van der Waals surface area contributed by atoms with Crippen LogP contribution in [0, 0.1) is 0 Å². The first-order valence-corrected chi connectivity index (χ1v) is 2.30. The molecular formula is C3H5OTi. The van der Waals surface area contributed by atoms with Crippen molar-refractivity contribution in [3.63, 3.8) is 0 Å². The van der Waals surface area contributed by atoms with E-state index in [-0.39, 0.29) is 4.09 Å². The van der Waals surface area contributed by atoms with Crippen LogP contribution in [0.4, 0.5) is 0 Å². The zero-order valence-electron chi connectivity index (χ0n) is 3.12. The zero-order valence-corrected chi connectivity index (χ0v) is 4.68. The monoisotopic (exact) mass is 105 g/mol. The van der Waals surface area contributed by atoms with Crippen LogP contribution in [0.25, 0.3) is 0 Å². The Morgan fingerprint density at radius 1 is 2.00 bits per heavy atom. The van der Waals surface area contributed by atoms with Gasteiger partial charge in [-0.25, -0.2) is 0 Å². The van der Waals surface area contributed by atoms with Crippen molar-refractivity contribution in [1.29, 1.82) is 0 Å². The van der Waals surface area contributed by atoms with Gasteiger partial charge in [0.05, 0.1) is 0 Å². The van der Waals surface area contributed by atoms with Crippen LogP contribution < -0.4 is 0 Å². The van der Waals surface area contributed by atoms with Gasteiger partial charge in [-0.2, -0.15) is 0 Å². The molecule has 0 N–H and O–H groups in total. The van der Waals surface area contributed by atoms with Crippen LogP contribution in [-0.4, -0.2) is 4.09 Å². The number of rotatable bonds is 1. The third-order valence-corrected chi connectivity index (χ3v) is 0.873. The van der Waals surface area contributed by atoms with Crippen LogP contribution in [-0.2, 0) is 25.2 Å². The SMILES string of the molecule is CC[C](=O)[Ti]. The van der Waals surface area contributed by atoms with Gasteiger partial charge in [-0.15, -0.1) is 0 Å². The average molecular weight is 105 g/mol. The Hall–Kier alpha value is 0.384. The van der Waals surface area contributed by atoms with Gasteiger partial charge in [0.1, 0.15) is 0 Å². The molecule has 0 bridgehead atoms. The fraction of sp³-hybridized carbons (Fsp3) is 0.667. The quantitative estimate of drug-likeness (QED) is 0.443. The summed E-state index contributed by atoms with van der Waals surface area (Å²) in [6.07, 6.45) is 0.667. The number of carbonyl (C=O) groups excluding carboxylic acids is 1. The molecule has 0 radical (unpaired) electrons. The molecule has 0 saturated carbocycles. The van der Waals surface area contributed by atoms with Crippen molar-refractivity contribution in [2.24, 2.45) is 0 Å². The van der Waals surface area contributed by atoms with Gasteiger partial charge in [0.2, 0.25) is 0 Å². The minimum absolute atomic E-state index is 0.255. The van der Waals surface area contributed by atoms with Crippen LogP contribution in [0.15, 0.2) is 0 Å². The molecule has 0 aromatic heterocycles. The van der Waals surface area contributed by atoms with Crippen molar-refractivity contribution in [3.05, 3.63) is 0 Å². The molecule has 1 nitrogen and oxygen atoms in total. The Labute approximate surface area is 43.2 Å². The van der Waals surface area contributed by atoms with Crippen molar-refractivity contribution in [1.82, 2.24) is 0 Å². The molecule has 27 valence electrons. The summed E-state index contributed by atoms with van der Waals surface area (Å²) >= 11 is 1.58. The zero-order chi connectivity index (χ0) is 4.28. The van der Waals surface area contributed by atoms with Crippen LogP contribution in [0.2, 0.25) is 0 Å². The van der Waals surface area contributed by atoms with E-state index in [1.165, 1.54) is 0 Å². The van der Waals surface area contributed by atoms with Gasteiger partial charge in [-0.1, -0.05) is 0 Å². The second-order valence-electron chi connectivity index (χ2n) is 0.777. The molecule has 0 amide bonds. The molecule has 0 aliphatic carbocycles. The molecule has 0 saturated heterocycles. The van der Waals surface area contributed by atoms with Crippen molar-refractivity contribution in [3.8, 4) is 0 Å². The molecule has 0 unspecified atom stereocenters. The van der Waals surface area contributed by atoms with E-state index in [0.717, 1.165) is 0 Å². The predicted octanol–water partition coefficient (Wildman–Crippen LogP) is 0.470. The van der Waals surface area contributed by atoms with Gasteiger partial charge in [0.15, 0.2) is 0 Å². The normalized spacial score (nSPS) is 7.20. The summed E-state index contributed by atoms with van der Waals surface area (Å²) in [6, 6.07) is 0. The summed E-state index contributed by atoms with van der Waals surface area (Å²) in [5, 5.41) is 0. The molecule has 0 aromatic carbocycles. The van der Waals surface area contributed by atoms with Gasteiger partial charge in [0, 0.05) is 0 Å². The molecule has 0 spiro atoms. The third kappa shape index (κ3) is 4.38. The molecule has 0 aromatic rings. The summed E-state index contributed by atoms with van der Waals surface area (Å²) in [5.41, 5.74) is 0.